The molecule has 8 nitrogen and oxygen atoms in total. The summed E-state index contributed by atoms with van der Waals surface area (Å²) in [6.07, 6.45) is -1.07. The third-order valence-corrected chi connectivity index (χ3v) is 8.73. The first kappa shape index (κ1) is 23.1. The van der Waals surface area contributed by atoms with Gasteiger partial charge in [-0.2, -0.15) is 0 Å². The average Bonchev–Trinajstić information content (AvgIpc) is 3.11. The van der Waals surface area contributed by atoms with Crippen molar-refractivity contribution in [2.24, 2.45) is 7.05 Å². The number of ether oxygens (including phenoxy) is 1. The Balaban J connectivity index is 1.47. The molecule has 0 aliphatic carbocycles. The Bertz CT molecular complexity index is 1620. The predicted molar refractivity (Wildman–Crippen MR) is 137 cm³/mol. The third-order valence-electron chi connectivity index (χ3n) is 5.95. The second-order valence-corrected chi connectivity index (χ2v) is 11.4. The fourth-order valence-electron chi connectivity index (χ4n) is 4.00. The summed E-state index contributed by atoms with van der Waals surface area (Å²) < 4.78 is 36.6. The van der Waals surface area contributed by atoms with Gasteiger partial charge in [-0.05, 0) is 61.9 Å². The number of thiazole rings is 1. The molecule has 1 atom stereocenters. The maximum absolute atomic E-state index is 13.6. The molecular formula is C25H23N3O5S2. The van der Waals surface area contributed by atoms with E-state index in [1.807, 2.05) is 13.8 Å². The summed E-state index contributed by atoms with van der Waals surface area (Å²) in [6, 6.07) is 17.0. The Morgan fingerprint density at radius 2 is 1.74 bits per heavy atom. The van der Waals surface area contributed by atoms with Crippen LogP contribution in [0.15, 0.2) is 70.4 Å². The Kier molecular flexibility index (Phi) is 5.65. The number of benzene rings is 3. The largest absolute Gasteiger partial charge is 0.476 e. The molecule has 0 bridgehead atoms. The van der Waals surface area contributed by atoms with E-state index in [9.17, 15) is 18.0 Å². The second kappa shape index (κ2) is 8.54. The van der Waals surface area contributed by atoms with Crippen LogP contribution in [0.4, 0.5) is 11.4 Å². The number of hydrogen-bond donors (Lipinski definition) is 1. The lowest BCUT2D eigenvalue weighted by Gasteiger charge is -2.35. The normalized spacial score (nSPS) is 15.5. The van der Waals surface area contributed by atoms with E-state index < -0.39 is 22.0 Å². The highest BCUT2D eigenvalue weighted by atomic mass is 32.2. The Labute approximate surface area is 206 Å². The number of fused-ring (bicyclic) bond motifs is 2. The van der Waals surface area contributed by atoms with Gasteiger partial charge in [0.05, 0.1) is 27.3 Å². The number of aromatic nitrogens is 1. The van der Waals surface area contributed by atoms with E-state index in [1.54, 1.807) is 72.3 Å². The van der Waals surface area contributed by atoms with Crippen molar-refractivity contribution in [2.45, 2.75) is 24.8 Å². The summed E-state index contributed by atoms with van der Waals surface area (Å²) in [4.78, 5) is 25.2. The lowest BCUT2D eigenvalue weighted by Crippen LogP contribution is -2.48. The number of nitrogens with one attached hydrogen (secondary N) is 1. The van der Waals surface area contributed by atoms with Crippen LogP contribution in [0, 0.1) is 13.8 Å². The SMILES string of the molecule is Cc1ccc(S(=O)(=O)N2CC(C(=O)Nc3ccc4c(c3)sc(=O)n4C)Oc3ccc(C)cc32)cc1. The van der Waals surface area contributed by atoms with Crippen molar-refractivity contribution < 1.29 is 17.9 Å². The maximum Gasteiger partial charge on any atom is 0.307 e. The highest BCUT2D eigenvalue weighted by Crippen LogP contribution is 2.38. The zero-order valence-electron chi connectivity index (χ0n) is 19.3. The average molecular weight is 510 g/mol. The molecule has 1 aromatic heterocycles. The zero-order chi connectivity index (χ0) is 24.9. The first-order valence-electron chi connectivity index (χ1n) is 10.9. The van der Waals surface area contributed by atoms with Crippen LogP contribution in [0.3, 0.4) is 0 Å². The van der Waals surface area contributed by atoms with E-state index in [-0.39, 0.29) is 16.3 Å². The number of rotatable bonds is 4. The predicted octanol–water partition coefficient (Wildman–Crippen LogP) is 3.81. The van der Waals surface area contributed by atoms with Gasteiger partial charge in [0.1, 0.15) is 5.75 Å². The van der Waals surface area contributed by atoms with Crippen LogP contribution in [0.1, 0.15) is 11.1 Å². The molecule has 4 aromatic rings. The molecule has 5 rings (SSSR count). The van der Waals surface area contributed by atoms with Crippen molar-refractivity contribution in [3.05, 3.63) is 81.5 Å². The van der Waals surface area contributed by atoms with E-state index in [1.165, 1.54) is 4.31 Å². The van der Waals surface area contributed by atoms with E-state index in [0.717, 1.165) is 32.7 Å². The molecule has 3 aromatic carbocycles. The Morgan fingerprint density at radius 1 is 1.03 bits per heavy atom. The van der Waals surface area contributed by atoms with Gasteiger partial charge in [0.25, 0.3) is 15.9 Å². The molecule has 1 amide bonds. The summed E-state index contributed by atoms with van der Waals surface area (Å²) in [7, 11) is -2.25. The number of amides is 1. The van der Waals surface area contributed by atoms with Gasteiger partial charge in [-0.25, -0.2) is 8.42 Å². The highest BCUT2D eigenvalue weighted by molar-refractivity contribution is 7.92. The van der Waals surface area contributed by atoms with Gasteiger partial charge in [0.15, 0.2) is 6.10 Å². The molecule has 0 fully saturated rings. The molecule has 1 unspecified atom stereocenters. The van der Waals surface area contributed by atoms with Crippen molar-refractivity contribution in [1.82, 2.24) is 4.57 Å². The number of anilines is 2. The van der Waals surface area contributed by atoms with E-state index in [4.69, 9.17) is 4.74 Å². The lowest BCUT2D eigenvalue weighted by atomic mass is 10.1. The van der Waals surface area contributed by atoms with Gasteiger partial charge in [0, 0.05) is 12.7 Å². The van der Waals surface area contributed by atoms with Crippen molar-refractivity contribution in [3.63, 3.8) is 0 Å². The molecule has 35 heavy (non-hydrogen) atoms. The summed E-state index contributed by atoms with van der Waals surface area (Å²) in [5, 5.41) is 2.80. The minimum Gasteiger partial charge on any atom is -0.476 e. The quantitative estimate of drug-likeness (QED) is 0.451. The second-order valence-electron chi connectivity index (χ2n) is 8.53. The number of nitrogens with zero attached hydrogens (tertiary/aromatic N) is 2. The topological polar surface area (TPSA) is 97.7 Å². The number of carbonyl (C=O) groups excluding carboxylic acids is 1. The van der Waals surface area contributed by atoms with Crippen LogP contribution in [-0.2, 0) is 21.9 Å². The van der Waals surface area contributed by atoms with Crippen LogP contribution in [0.25, 0.3) is 10.2 Å². The van der Waals surface area contributed by atoms with Gasteiger partial charge in [-0.15, -0.1) is 0 Å². The third kappa shape index (κ3) is 4.19. The number of hydrogen-bond acceptors (Lipinski definition) is 6. The van der Waals surface area contributed by atoms with E-state index in [0.29, 0.717) is 17.1 Å². The minimum absolute atomic E-state index is 0.0945. The van der Waals surface area contributed by atoms with Crippen LogP contribution in [-0.4, -0.2) is 31.5 Å². The molecular weight excluding hydrogens is 486 g/mol. The van der Waals surface area contributed by atoms with E-state index in [2.05, 4.69) is 5.32 Å². The Hall–Kier alpha value is -3.63. The summed E-state index contributed by atoms with van der Waals surface area (Å²) in [6.45, 7) is 3.57. The molecule has 0 radical (unpaired) electrons. The maximum atomic E-state index is 13.6. The van der Waals surface area contributed by atoms with E-state index >= 15 is 0 Å². The monoisotopic (exact) mass is 509 g/mol. The van der Waals surface area contributed by atoms with Crippen LogP contribution < -0.4 is 19.2 Å². The summed E-state index contributed by atoms with van der Waals surface area (Å²) >= 11 is 1.09. The first-order chi connectivity index (χ1) is 16.6. The molecule has 1 aliphatic rings. The van der Waals surface area contributed by atoms with Crippen LogP contribution in [0.2, 0.25) is 0 Å². The van der Waals surface area contributed by atoms with Gasteiger partial charge < -0.3 is 14.6 Å². The number of carbonyl (C=O) groups is 1. The fourth-order valence-corrected chi connectivity index (χ4v) is 6.38. The first-order valence-corrected chi connectivity index (χ1v) is 13.2. The number of sulfonamides is 1. The summed E-state index contributed by atoms with van der Waals surface area (Å²) in [5.74, 6) is -0.169. The number of aryl methyl sites for hydroxylation is 3. The van der Waals surface area contributed by atoms with Crippen molar-refractivity contribution in [2.75, 3.05) is 16.2 Å². The molecule has 1 aliphatic heterocycles. The van der Waals surface area contributed by atoms with Crippen LogP contribution >= 0.6 is 11.3 Å². The molecule has 0 saturated heterocycles. The molecule has 2 heterocycles. The lowest BCUT2D eigenvalue weighted by molar-refractivity contribution is -0.122. The van der Waals surface area contributed by atoms with Crippen LogP contribution in [0.5, 0.6) is 5.75 Å². The van der Waals surface area contributed by atoms with Crippen molar-refractivity contribution >= 4 is 48.9 Å². The molecule has 10 heteroatoms. The van der Waals surface area contributed by atoms with Gasteiger partial charge >= 0.3 is 4.87 Å². The molecule has 180 valence electrons. The van der Waals surface area contributed by atoms with Gasteiger partial charge in [-0.1, -0.05) is 35.1 Å². The molecule has 0 saturated carbocycles. The van der Waals surface area contributed by atoms with Gasteiger partial charge in [-0.3, -0.25) is 13.9 Å². The minimum atomic E-state index is -3.94. The smallest absolute Gasteiger partial charge is 0.307 e. The molecule has 0 spiro atoms. The van der Waals surface area contributed by atoms with Crippen molar-refractivity contribution in [3.8, 4) is 5.75 Å². The Morgan fingerprint density at radius 3 is 2.49 bits per heavy atom. The van der Waals surface area contributed by atoms with Crippen molar-refractivity contribution in [1.29, 1.82) is 0 Å². The zero-order valence-corrected chi connectivity index (χ0v) is 20.9. The highest BCUT2D eigenvalue weighted by Gasteiger charge is 2.37. The summed E-state index contributed by atoms with van der Waals surface area (Å²) in [5.41, 5.74) is 3.47. The van der Waals surface area contributed by atoms with Gasteiger partial charge in [0.2, 0.25) is 0 Å². The fraction of sp³-hybridized carbons (Fsp3) is 0.200. The molecule has 1 N–H and O–H groups in total. The standard InChI is InChI=1S/C25H23N3O5S2/c1-15-4-8-18(9-5-15)35(31,32)28-14-22(33-21-11-6-16(2)12-20(21)28)24(29)26-17-7-10-19-23(13-17)34-25(30)27(19)3/h4-13,22H,14H2,1-3H3,(H,26,29).